The van der Waals surface area contributed by atoms with Crippen molar-refractivity contribution in [3.8, 4) is 22.6 Å². The average Bonchev–Trinajstić information content (AvgIpc) is 2.66. The van der Waals surface area contributed by atoms with E-state index in [2.05, 4.69) is 20.9 Å². The predicted molar refractivity (Wildman–Crippen MR) is 111 cm³/mol. The van der Waals surface area contributed by atoms with Crippen LogP contribution in [0.25, 0.3) is 11.1 Å². The Bertz CT molecular complexity index is 972. The van der Waals surface area contributed by atoms with Crippen molar-refractivity contribution in [1.29, 1.82) is 0 Å². The normalized spacial score (nSPS) is 11.2. The molecule has 0 atom stereocenters. The molecule has 0 aromatic heterocycles. The highest BCUT2D eigenvalue weighted by Crippen LogP contribution is 2.39. The molecule has 2 N–H and O–H groups in total. The van der Waals surface area contributed by atoms with Crippen LogP contribution in [-0.4, -0.2) is 16.4 Å². The van der Waals surface area contributed by atoms with Gasteiger partial charge in [-0.15, -0.1) is 0 Å². The summed E-state index contributed by atoms with van der Waals surface area (Å²) in [5, 5.41) is 21.1. The molecular formula is C21H17BrClNO2. The van der Waals surface area contributed by atoms with Gasteiger partial charge in [0.25, 0.3) is 0 Å². The van der Waals surface area contributed by atoms with E-state index in [-0.39, 0.29) is 11.5 Å². The SMILES string of the molecule is Cc1c(Cl)c(C)c(C=Nc2cc(-c3ccccc3)ccc2O)c(O)c1Br. The molecule has 3 aromatic carbocycles. The molecule has 132 valence electrons. The summed E-state index contributed by atoms with van der Waals surface area (Å²) in [6.45, 7) is 3.65. The number of hydrogen-bond donors (Lipinski definition) is 2. The number of phenols is 2. The zero-order valence-electron chi connectivity index (χ0n) is 14.3. The van der Waals surface area contributed by atoms with Crippen molar-refractivity contribution >= 4 is 39.4 Å². The molecule has 0 aliphatic rings. The molecule has 0 amide bonds. The third kappa shape index (κ3) is 3.48. The van der Waals surface area contributed by atoms with E-state index in [4.69, 9.17) is 11.6 Å². The van der Waals surface area contributed by atoms with Gasteiger partial charge in [-0.2, -0.15) is 0 Å². The molecule has 0 bridgehead atoms. The summed E-state index contributed by atoms with van der Waals surface area (Å²) >= 11 is 9.68. The van der Waals surface area contributed by atoms with Gasteiger partial charge >= 0.3 is 0 Å². The number of benzene rings is 3. The first kappa shape index (κ1) is 18.5. The minimum absolute atomic E-state index is 0.0651. The van der Waals surface area contributed by atoms with Crippen LogP contribution in [0.1, 0.15) is 16.7 Å². The molecular weight excluding hydrogens is 414 g/mol. The van der Waals surface area contributed by atoms with Crippen LogP contribution in [0.5, 0.6) is 11.5 Å². The van der Waals surface area contributed by atoms with Crippen molar-refractivity contribution in [3.63, 3.8) is 0 Å². The lowest BCUT2D eigenvalue weighted by molar-refractivity contribution is 0.470. The fraction of sp³-hybridized carbons (Fsp3) is 0.0952. The highest BCUT2D eigenvalue weighted by molar-refractivity contribution is 9.10. The summed E-state index contributed by atoms with van der Waals surface area (Å²) in [7, 11) is 0. The van der Waals surface area contributed by atoms with Crippen LogP contribution in [0.4, 0.5) is 5.69 Å². The standard InChI is InChI=1S/C21H17BrClNO2/c1-12-16(21(26)19(22)13(2)20(12)23)11-24-17-10-15(8-9-18(17)25)14-6-4-3-5-7-14/h3-11,25-26H,1-2H3. The van der Waals surface area contributed by atoms with Gasteiger partial charge in [-0.25, -0.2) is 0 Å². The van der Waals surface area contributed by atoms with Crippen LogP contribution in [0, 0.1) is 13.8 Å². The largest absolute Gasteiger partial charge is 0.506 e. The van der Waals surface area contributed by atoms with Gasteiger partial charge in [0.2, 0.25) is 0 Å². The van der Waals surface area contributed by atoms with Gasteiger partial charge < -0.3 is 10.2 Å². The summed E-state index contributed by atoms with van der Waals surface area (Å²) in [5.41, 5.74) is 4.40. The first-order valence-electron chi connectivity index (χ1n) is 7.99. The number of phenolic OH excluding ortho intramolecular Hbond substituents is 2. The topological polar surface area (TPSA) is 52.8 Å². The lowest BCUT2D eigenvalue weighted by Crippen LogP contribution is -1.94. The van der Waals surface area contributed by atoms with E-state index in [0.29, 0.717) is 20.7 Å². The maximum absolute atomic E-state index is 10.4. The lowest BCUT2D eigenvalue weighted by Gasteiger charge is -2.12. The van der Waals surface area contributed by atoms with E-state index in [1.54, 1.807) is 12.1 Å². The Morgan fingerprint density at radius 2 is 1.65 bits per heavy atom. The smallest absolute Gasteiger partial charge is 0.141 e. The molecule has 5 heteroatoms. The molecule has 0 saturated carbocycles. The predicted octanol–water partition coefficient (Wildman–Crippen LogP) is 6.55. The van der Waals surface area contributed by atoms with Crippen LogP contribution in [0.2, 0.25) is 5.02 Å². The van der Waals surface area contributed by atoms with Gasteiger partial charge in [-0.1, -0.05) is 48.0 Å². The number of aromatic hydroxyl groups is 2. The van der Waals surface area contributed by atoms with Crippen molar-refractivity contribution in [2.75, 3.05) is 0 Å². The molecule has 0 spiro atoms. The Balaban J connectivity index is 2.05. The van der Waals surface area contributed by atoms with Crippen molar-refractivity contribution in [1.82, 2.24) is 0 Å². The molecule has 0 aliphatic carbocycles. The Kier molecular flexibility index (Phi) is 5.35. The van der Waals surface area contributed by atoms with Gasteiger partial charge in [-0.05, 0) is 64.2 Å². The Morgan fingerprint density at radius 1 is 0.962 bits per heavy atom. The van der Waals surface area contributed by atoms with Crippen LogP contribution in [0.15, 0.2) is 58.0 Å². The summed E-state index contributed by atoms with van der Waals surface area (Å²) < 4.78 is 0.539. The second kappa shape index (κ2) is 7.52. The quantitative estimate of drug-likeness (QED) is 0.463. The maximum atomic E-state index is 10.4. The van der Waals surface area contributed by atoms with Crippen molar-refractivity contribution in [2.24, 2.45) is 4.99 Å². The van der Waals surface area contributed by atoms with E-state index in [0.717, 1.165) is 22.3 Å². The molecule has 3 rings (SSSR count). The second-order valence-electron chi connectivity index (χ2n) is 5.97. The lowest BCUT2D eigenvalue weighted by atomic mass is 10.0. The first-order chi connectivity index (χ1) is 12.4. The highest BCUT2D eigenvalue weighted by Gasteiger charge is 2.15. The van der Waals surface area contributed by atoms with Gasteiger partial charge in [0.1, 0.15) is 17.2 Å². The highest BCUT2D eigenvalue weighted by atomic mass is 79.9. The fourth-order valence-corrected chi connectivity index (χ4v) is 3.42. The summed E-state index contributed by atoms with van der Waals surface area (Å²) in [6, 6.07) is 15.1. The average molecular weight is 431 g/mol. The monoisotopic (exact) mass is 429 g/mol. The molecule has 3 nitrogen and oxygen atoms in total. The fourth-order valence-electron chi connectivity index (χ4n) is 2.70. The van der Waals surface area contributed by atoms with Crippen LogP contribution in [0.3, 0.4) is 0 Å². The number of rotatable bonds is 3. The molecule has 3 aromatic rings. The Labute approximate surface area is 165 Å². The molecule has 26 heavy (non-hydrogen) atoms. The third-order valence-corrected chi connectivity index (χ3v) is 5.81. The zero-order valence-corrected chi connectivity index (χ0v) is 16.6. The van der Waals surface area contributed by atoms with Crippen molar-refractivity contribution < 1.29 is 10.2 Å². The van der Waals surface area contributed by atoms with E-state index >= 15 is 0 Å². The van der Waals surface area contributed by atoms with E-state index in [1.165, 1.54) is 6.21 Å². The van der Waals surface area contributed by atoms with E-state index in [9.17, 15) is 10.2 Å². The summed E-state index contributed by atoms with van der Waals surface area (Å²) in [6.07, 6.45) is 1.52. The molecule has 0 heterocycles. The molecule has 0 fully saturated rings. The number of aliphatic imine (C=N–C) groups is 1. The number of halogens is 2. The van der Waals surface area contributed by atoms with Crippen LogP contribution in [-0.2, 0) is 0 Å². The minimum atomic E-state index is 0.0651. The summed E-state index contributed by atoms with van der Waals surface area (Å²) in [4.78, 5) is 4.38. The summed E-state index contributed by atoms with van der Waals surface area (Å²) in [5.74, 6) is 0.141. The van der Waals surface area contributed by atoms with Gasteiger partial charge in [0.05, 0.1) is 4.47 Å². The van der Waals surface area contributed by atoms with Crippen molar-refractivity contribution in [3.05, 3.63) is 74.7 Å². The molecule has 0 radical (unpaired) electrons. The first-order valence-corrected chi connectivity index (χ1v) is 9.17. The molecule has 0 unspecified atom stereocenters. The number of hydrogen-bond acceptors (Lipinski definition) is 3. The number of nitrogens with zero attached hydrogens (tertiary/aromatic N) is 1. The van der Waals surface area contributed by atoms with Gasteiger partial charge in [-0.3, -0.25) is 4.99 Å². The van der Waals surface area contributed by atoms with Gasteiger partial charge in [0, 0.05) is 16.8 Å². The van der Waals surface area contributed by atoms with E-state index in [1.807, 2.05) is 50.2 Å². The zero-order chi connectivity index (χ0) is 18.8. The van der Waals surface area contributed by atoms with E-state index < -0.39 is 0 Å². The Hall–Kier alpha value is -2.30. The molecule has 0 saturated heterocycles. The third-order valence-electron chi connectivity index (χ3n) is 4.27. The van der Waals surface area contributed by atoms with Crippen molar-refractivity contribution in [2.45, 2.75) is 13.8 Å². The van der Waals surface area contributed by atoms with Gasteiger partial charge in [0.15, 0.2) is 0 Å². The molecule has 0 aliphatic heterocycles. The minimum Gasteiger partial charge on any atom is -0.506 e. The second-order valence-corrected chi connectivity index (χ2v) is 7.14. The van der Waals surface area contributed by atoms with Crippen LogP contribution < -0.4 is 0 Å². The van der Waals surface area contributed by atoms with Crippen LogP contribution >= 0.6 is 27.5 Å². The maximum Gasteiger partial charge on any atom is 0.141 e. The Morgan fingerprint density at radius 3 is 2.35 bits per heavy atom.